The number of aromatic nitrogens is 3. The average Bonchev–Trinajstić information content (AvgIpc) is 3.15. The normalized spacial score (nSPS) is 11.3. The summed E-state index contributed by atoms with van der Waals surface area (Å²) in [7, 11) is 0. The summed E-state index contributed by atoms with van der Waals surface area (Å²) in [5.74, 6) is 0.796. The molecule has 2 aromatic heterocycles. The van der Waals surface area contributed by atoms with Gasteiger partial charge in [0, 0.05) is 29.1 Å². The van der Waals surface area contributed by atoms with E-state index in [1.54, 1.807) is 23.1 Å². The molecule has 4 rings (SSSR count). The van der Waals surface area contributed by atoms with Crippen LogP contribution in [0.5, 0.6) is 0 Å². The van der Waals surface area contributed by atoms with Crippen LogP contribution in [-0.2, 0) is 6.54 Å². The summed E-state index contributed by atoms with van der Waals surface area (Å²) in [6, 6.07) is 11.5. The van der Waals surface area contributed by atoms with Gasteiger partial charge in [0.2, 0.25) is 0 Å². The van der Waals surface area contributed by atoms with Gasteiger partial charge in [-0.1, -0.05) is 13.8 Å². The molecule has 2 heterocycles. The van der Waals surface area contributed by atoms with E-state index in [0.717, 1.165) is 16.5 Å². The van der Waals surface area contributed by atoms with E-state index in [0.29, 0.717) is 29.4 Å². The second-order valence-corrected chi connectivity index (χ2v) is 7.52. The van der Waals surface area contributed by atoms with Crippen LogP contribution in [0.15, 0.2) is 58.0 Å². The van der Waals surface area contributed by atoms with Gasteiger partial charge in [0.15, 0.2) is 5.82 Å². The molecular weight excluding hydrogens is 384 g/mol. The number of nitro groups is 1. The lowest BCUT2D eigenvalue weighted by Crippen LogP contribution is -2.07. The first-order valence-corrected chi connectivity index (χ1v) is 9.53. The standard InChI is InChI=1S/C22H20N4O4/c1-13(2)18-10-19-16(9-21(27)30-20(19)8-14(18)3)11-25-12-23-22(24-25)15-4-6-17(7-5-15)26(28)29/h4-10,12-13H,11H2,1-3H3. The Kier molecular flexibility index (Phi) is 4.91. The molecule has 0 saturated heterocycles. The number of aryl methyl sites for hydroxylation is 1. The van der Waals surface area contributed by atoms with Gasteiger partial charge in [-0.2, -0.15) is 5.10 Å². The van der Waals surface area contributed by atoms with Gasteiger partial charge in [0.05, 0.1) is 11.5 Å². The third-order valence-electron chi connectivity index (χ3n) is 5.04. The SMILES string of the molecule is Cc1cc2oc(=O)cc(Cn3cnc(-c4ccc([N+](=O)[O-])cc4)n3)c2cc1C(C)C. The number of hydrogen-bond acceptors (Lipinski definition) is 6. The van der Waals surface area contributed by atoms with Crippen molar-refractivity contribution in [2.45, 2.75) is 33.2 Å². The fraction of sp³-hybridized carbons (Fsp3) is 0.227. The third-order valence-corrected chi connectivity index (χ3v) is 5.04. The van der Waals surface area contributed by atoms with Gasteiger partial charge < -0.3 is 4.42 Å². The van der Waals surface area contributed by atoms with E-state index in [4.69, 9.17) is 4.42 Å². The van der Waals surface area contributed by atoms with Crippen LogP contribution in [0.4, 0.5) is 5.69 Å². The molecule has 0 aliphatic carbocycles. The molecule has 0 spiro atoms. The van der Waals surface area contributed by atoms with Crippen LogP contribution in [-0.4, -0.2) is 19.7 Å². The van der Waals surface area contributed by atoms with Crippen molar-refractivity contribution < 1.29 is 9.34 Å². The van der Waals surface area contributed by atoms with Crippen molar-refractivity contribution in [1.82, 2.24) is 14.8 Å². The summed E-state index contributed by atoms with van der Waals surface area (Å²) < 4.78 is 7.04. The van der Waals surface area contributed by atoms with Crippen molar-refractivity contribution >= 4 is 16.7 Å². The van der Waals surface area contributed by atoms with E-state index in [-0.39, 0.29) is 5.69 Å². The second kappa shape index (κ2) is 7.55. The summed E-state index contributed by atoms with van der Waals surface area (Å²) in [6.45, 7) is 6.61. The topological polar surface area (TPSA) is 104 Å². The first-order valence-electron chi connectivity index (χ1n) is 9.53. The minimum atomic E-state index is -0.449. The molecule has 0 aliphatic heterocycles. The second-order valence-electron chi connectivity index (χ2n) is 7.52. The third kappa shape index (κ3) is 3.71. The van der Waals surface area contributed by atoms with Crippen LogP contribution in [0, 0.1) is 17.0 Å². The summed E-state index contributed by atoms with van der Waals surface area (Å²) >= 11 is 0. The zero-order valence-electron chi connectivity index (χ0n) is 16.8. The van der Waals surface area contributed by atoms with Crippen LogP contribution in [0.1, 0.15) is 36.5 Å². The predicted molar refractivity (Wildman–Crippen MR) is 113 cm³/mol. The fourth-order valence-electron chi connectivity index (χ4n) is 3.55. The van der Waals surface area contributed by atoms with Crippen LogP contribution in [0.25, 0.3) is 22.4 Å². The van der Waals surface area contributed by atoms with Gasteiger partial charge >= 0.3 is 5.63 Å². The Bertz CT molecular complexity index is 1300. The van der Waals surface area contributed by atoms with Gasteiger partial charge in [-0.15, -0.1) is 0 Å². The van der Waals surface area contributed by atoms with Gasteiger partial charge in [-0.3, -0.25) is 10.1 Å². The van der Waals surface area contributed by atoms with Crippen LogP contribution >= 0.6 is 0 Å². The number of hydrogen-bond donors (Lipinski definition) is 0. The fourth-order valence-corrected chi connectivity index (χ4v) is 3.55. The molecule has 2 aromatic carbocycles. The molecule has 30 heavy (non-hydrogen) atoms. The molecule has 8 nitrogen and oxygen atoms in total. The Balaban J connectivity index is 1.70. The van der Waals surface area contributed by atoms with Crippen LogP contribution < -0.4 is 5.63 Å². The first-order chi connectivity index (χ1) is 14.3. The molecule has 0 atom stereocenters. The molecule has 0 radical (unpaired) electrons. The van der Waals surface area contributed by atoms with Gasteiger partial charge in [-0.25, -0.2) is 14.5 Å². The molecule has 152 valence electrons. The highest BCUT2D eigenvalue weighted by Crippen LogP contribution is 2.27. The maximum absolute atomic E-state index is 12.1. The minimum Gasteiger partial charge on any atom is -0.423 e. The Morgan fingerprint density at radius 1 is 1.17 bits per heavy atom. The molecule has 0 unspecified atom stereocenters. The largest absolute Gasteiger partial charge is 0.423 e. The van der Waals surface area contributed by atoms with Crippen molar-refractivity contribution in [3.05, 3.63) is 86.0 Å². The summed E-state index contributed by atoms with van der Waals surface area (Å²) in [6.07, 6.45) is 1.58. The van der Waals surface area contributed by atoms with Crippen molar-refractivity contribution in [1.29, 1.82) is 0 Å². The van der Waals surface area contributed by atoms with Gasteiger partial charge in [-0.05, 0) is 53.8 Å². The van der Waals surface area contributed by atoms with Crippen LogP contribution in [0.3, 0.4) is 0 Å². The first kappa shape index (κ1) is 19.5. The lowest BCUT2D eigenvalue weighted by Gasteiger charge is -2.13. The van der Waals surface area contributed by atoms with Crippen molar-refractivity contribution in [2.24, 2.45) is 0 Å². The number of nitrogens with zero attached hydrogens (tertiary/aromatic N) is 4. The molecule has 4 aromatic rings. The highest BCUT2D eigenvalue weighted by molar-refractivity contribution is 5.82. The molecule has 8 heteroatoms. The van der Waals surface area contributed by atoms with E-state index in [2.05, 4.69) is 30.0 Å². The Hall–Kier alpha value is -3.81. The average molecular weight is 404 g/mol. The lowest BCUT2D eigenvalue weighted by molar-refractivity contribution is -0.384. The maximum atomic E-state index is 12.1. The zero-order chi connectivity index (χ0) is 21.4. The zero-order valence-corrected chi connectivity index (χ0v) is 16.8. The van der Waals surface area contributed by atoms with E-state index in [1.807, 2.05) is 13.0 Å². The quantitative estimate of drug-likeness (QED) is 0.277. The minimum absolute atomic E-state index is 0.0110. The Morgan fingerprint density at radius 2 is 1.90 bits per heavy atom. The Morgan fingerprint density at radius 3 is 2.57 bits per heavy atom. The molecule has 0 N–H and O–H groups in total. The Labute approximate surface area is 171 Å². The number of non-ortho nitro benzene ring substituents is 1. The highest BCUT2D eigenvalue weighted by Gasteiger charge is 2.13. The number of fused-ring (bicyclic) bond motifs is 1. The maximum Gasteiger partial charge on any atom is 0.336 e. The molecule has 0 bridgehead atoms. The molecule has 0 aliphatic rings. The van der Waals surface area contributed by atoms with Crippen molar-refractivity contribution in [3.63, 3.8) is 0 Å². The molecule has 0 saturated carbocycles. The van der Waals surface area contributed by atoms with E-state index >= 15 is 0 Å². The van der Waals surface area contributed by atoms with E-state index in [1.165, 1.54) is 23.8 Å². The number of benzene rings is 2. The van der Waals surface area contributed by atoms with Gasteiger partial charge in [0.1, 0.15) is 11.9 Å². The molecular formula is C22H20N4O4. The molecule has 0 fully saturated rings. The lowest BCUT2D eigenvalue weighted by atomic mass is 9.95. The number of rotatable bonds is 5. The van der Waals surface area contributed by atoms with Crippen LogP contribution in [0.2, 0.25) is 0 Å². The van der Waals surface area contributed by atoms with E-state index in [9.17, 15) is 14.9 Å². The smallest absolute Gasteiger partial charge is 0.336 e. The monoisotopic (exact) mass is 404 g/mol. The van der Waals surface area contributed by atoms with Crippen molar-refractivity contribution in [3.8, 4) is 11.4 Å². The predicted octanol–water partition coefficient (Wildman–Crippen LogP) is 4.44. The van der Waals surface area contributed by atoms with E-state index < -0.39 is 10.5 Å². The highest BCUT2D eigenvalue weighted by atomic mass is 16.6. The van der Waals surface area contributed by atoms with Crippen molar-refractivity contribution in [2.75, 3.05) is 0 Å². The summed E-state index contributed by atoms with van der Waals surface area (Å²) in [5, 5.41) is 16.2. The summed E-state index contributed by atoms with van der Waals surface area (Å²) in [5.41, 5.74) is 3.90. The number of nitro benzene ring substituents is 1. The molecule has 0 amide bonds. The van der Waals surface area contributed by atoms with Gasteiger partial charge in [0.25, 0.3) is 5.69 Å². The summed E-state index contributed by atoms with van der Waals surface area (Å²) in [4.78, 5) is 26.7.